The van der Waals surface area contributed by atoms with Crippen molar-refractivity contribution in [3.05, 3.63) is 35.4 Å². The van der Waals surface area contributed by atoms with E-state index in [1.807, 2.05) is 0 Å². The fourth-order valence-electron chi connectivity index (χ4n) is 2.70. The van der Waals surface area contributed by atoms with Gasteiger partial charge >= 0.3 is 0 Å². The minimum absolute atomic E-state index is 0.0497. The average Bonchev–Trinajstić information content (AvgIpc) is 2.43. The predicted octanol–water partition coefficient (Wildman–Crippen LogP) is 3.66. The van der Waals surface area contributed by atoms with Crippen LogP contribution in [0.25, 0.3) is 0 Å². The van der Waals surface area contributed by atoms with E-state index < -0.39 is 12.0 Å². The van der Waals surface area contributed by atoms with E-state index in [1.165, 1.54) is 12.1 Å². The third kappa shape index (κ3) is 4.25. The van der Waals surface area contributed by atoms with Crippen LogP contribution in [0.4, 0.5) is 8.78 Å². The number of aliphatic hydroxyl groups is 1. The predicted molar refractivity (Wildman–Crippen MR) is 75.7 cm³/mol. The van der Waals surface area contributed by atoms with E-state index in [4.69, 9.17) is 0 Å². The van der Waals surface area contributed by atoms with E-state index in [2.05, 4.69) is 12.2 Å². The third-order valence-electron chi connectivity index (χ3n) is 4.22. The van der Waals surface area contributed by atoms with Crippen molar-refractivity contribution in [2.24, 2.45) is 5.92 Å². The highest BCUT2D eigenvalue weighted by molar-refractivity contribution is 5.23. The Morgan fingerprint density at radius 2 is 1.85 bits per heavy atom. The first-order valence-electron chi connectivity index (χ1n) is 7.29. The largest absolute Gasteiger partial charge is 0.389 e. The van der Waals surface area contributed by atoms with Gasteiger partial charge in [0, 0.05) is 18.7 Å². The fourth-order valence-corrected chi connectivity index (χ4v) is 2.70. The van der Waals surface area contributed by atoms with Crippen molar-refractivity contribution in [2.75, 3.05) is 6.54 Å². The molecule has 1 aliphatic carbocycles. The molecule has 2 rings (SSSR count). The molecule has 0 amide bonds. The van der Waals surface area contributed by atoms with Gasteiger partial charge in [-0.25, -0.2) is 8.78 Å². The molecule has 112 valence electrons. The SMILES string of the molecule is CC1CCC(O)(CNCc2ccc(C(F)F)cc2)CC1. The van der Waals surface area contributed by atoms with Gasteiger partial charge in [-0.15, -0.1) is 0 Å². The van der Waals surface area contributed by atoms with Crippen molar-refractivity contribution in [1.29, 1.82) is 0 Å². The number of alkyl halides is 2. The molecule has 0 spiro atoms. The van der Waals surface area contributed by atoms with Crippen LogP contribution in [-0.2, 0) is 6.54 Å². The number of nitrogens with one attached hydrogen (secondary N) is 1. The Balaban J connectivity index is 1.78. The lowest BCUT2D eigenvalue weighted by Crippen LogP contribution is -2.43. The van der Waals surface area contributed by atoms with Gasteiger partial charge < -0.3 is 10.4 Å². The standard InChI is InChI=1S/C16H23F2NO/c1-12-6-8-16(20,9-7-12)11-19-10-13-2-4-14(5-3-13)15(17)18/h2-5,12,15,19-20H,6-11H2,1H3. The summed E-state index contributed by atoms with van der Waals surface area (Å²) in [5.41, 5.74) is 0.408. The smallest absolute Gasteiger partial charge is 0.263 e. The maximum absolute atomic E-state index is 12.4. The number of hydrogen-bond acceptors (Lipinski definition) is 2. The minimum Gasteiger partial charge on any atom is -0.389 e. The molecule has 20 heavy (non-hydrogen) atoms. The molecule has 2 nitrogen and oxygen atoms in total. The second-order valence-corrected chi connectivity index (χ2v) is 6.05. The van der Waals surface area contributed by atoms with Crippen LogP contribution in [0.3, 0.4) is 0 Å². The summed E-state index contributed by atoms with van der Waals surface area (Å²) < 4.78 is 24.9. The van der Waals surface area contributed by atoms with Crippen LogP contribution < -0.4 is 5.32 Å². The molecule has 0 aliphatic heterocycles. The molecule has 0 unspecified atom stereocenters. The normalized spacial score (nSPS) is 26.9. The van der Waals surface area contributed by atoms with Crippen molar-refractivity contribution in [3.8, 4) is 0 Å². The number of rotatable bonds is 5. The van der Waals surface area contributed by atoms with E-state index in [0.29, 0.717) is 19.0 Å². The second kappa shape index (κ2) is 6.64. The van der Waals surface area contributed by atoms with E-state index in [-0.39, 0.29) is 5.56 Å². The maximum atomic E-state index is 12.4. The van der Waals surface area contributed by atoms with Crippen LogP contribution in [0, 0.1) is 5.92 Å². The van der Waals surface area contributed by atoms with Gasteiger partial charge in [-0.2, -0.15) is 0 Å². The molecule has 0 radical (unpaired) electrons. The van der Waals surface area contributed by atoms with E-state index in [1.54, 1.807) is 12.1 Å². The van der Waals surface area contributed by atoms with Gasteiger partial charge in [0.05, 0.1) is 5.60 Å². The summed E-state index contributed by atoms with van der Waals surface area (Å²) in [6.45, 7) is 3.38. The summed E-state index contributed by atoms with van der Waals surface area (Å²) >= 11 is 0. The van der Waals surface area contributed by atoms with Crippen LogP contribution in [0.5, 0.6) is 0 Å². The van der Waals surface area contributed by atoms with Crippen molar-refractivity contribution < 1.29 is 13.9 Å². The Morgan fingerprint density at radius 3 is 2.40 bits per heavy atom. The monoisotopic (exact) mass is 283 g/mol. The van der Waals surface area contributed by atoms with Gasteiger partial charge in [-0.1, -0.05) is 31.2 Å². The quantitative estimate of drug-likeness (QED) is 0.864. The molecule has 0 bridgehead atoms. The van der Waals surface area contributed by atoms with Crippen LogP contribution in [-0.4, -0.2) is 17.3 Å². The highest BCUT2D eigenvalue weighted by atomic mass is 19.3. The number of hydrogen-bond donors (Lipinski definition) is 2. The van der Waals surface area contributed by atoms with E-state index >= 15 is 0 Å². The number of halogens is 2. The first-order valence-corrected chi connectivity index (χ1v) is 7.29. The molecule has 0 atom stereocenters. The second-order valence-electron chi connectivity index (χ2n) is 6.05. The summed E-state index contributed by atoms with van der Waals surface area (Å²) in [6.07, 6.45) is 1.40. The third-order valence-corrected chi connectivity index (χ3v) is 4.22. The van der Waals surface area contributed by atoms with Crippen molar-refractivity contribution in [1.82, 2.24) is 5.32 Å². The Labute approximate surface area is 119 Å². The van der Waals surface area contributed by atoms with Gasteiger partial charge in [-0.3, -0.25) is 0 Å². The molecule has 1 aromatic rings. The average molecular weight is 283 g/mol. The molecule has 4 heteroatoms. The van der Waals surface area contributed by atoms with Gasteiger partial charge in [0.15, 0.2) is 0 Å². The van der Waals surface area contributed by atoms with Crippen LogP contribution >= 0.6 is 0 Å². The first kappa shape index (κ1) is 15.4. The Hall–Kier alpha value is -1.00. The zero-order chi connectivity index (χ0) is 14.6. The van der Waals surface area contributed by atoms with Crippen LogP contribution in [0.2, 0.25) is 0 Å². The van der Waals surface area contributed by atoms with Crippen molar-refractivity contribution >= 4 is 0 Å². The zero-order valence-electron chi connectivity index (χ0n) is 11.9. The van der Waals surface area contributed by atoms with Crippen LogP contribution in [0.1, 0.15) is 50.2 Å². The lowest BCUT2D eigenvalue weighted by atomic mass is 9.79. The van der Waals surface area contributed by atoms with E-state index in [9.17, 15) is 13.9 Å². The van der Waals surface area contributed by atoms with Gasteiger partial charge in [0.1, 0.15) is 0 Å². The summed E-state index contributed by atoms with van der Waals surface area (Å²) in [5.74, 6) is 0.706. The molecule has 2 N–H and O–H groups in total. The van der Waals surface area contributed by atoms with E-state index in [0.717, 1.165) is 31.2 Å². The molecule has 1 fully saturated rings. The summed E-state index contributed by atoms with van der Waals surface area (Å²) in [5, 5.41) is 13.7. The van der Waals surface area contributed by atoms with Gasteiger partial charge in [0.25, 0.3) is 6.43 Å². The highest BCUT2D eigenvalue weighted by Crippen LogP contribution is 2.31. The van der Waals surface area contributed by atoms with Crippen molar-refractivity contribution in [3.63, 3.8) is 0 Å². The Kier molecular flexibility index (Phi) is 5.11. The molecular formula is C16H23F2NO. The first-order chi connectivity index (χ1) is 9.48. The lowest BCUT2D eigenvalue weighted by Gasteiger charge is -2.35. The molecule has 1 aliphatic rings. The van der Waals surface area contributed by atoms with Crippen LogP contribution in [0.15, 0.2) is 24.3 Å². The molecule has 0 saturated heterocycles. The molecule has 0 heterocycles. The minimum atomic E-state index is -2.41. The molecule has 1 aromatic carbocycles. The molecule has 1 saturated carbocycles. The summed E-state index contributed by atoms with van der Waals surface area (Å²) in [6, 6.07) is 6.33. The molecule has 0 aromatic heterocycles. The summed E-state index contributed by atoms with van der Waals surface area (Å²) in [7, 11) is 0. The van der Waals surface area contributed by atoms with Gasteiger partial charge in [-0.05, 0) is 37.2 Å². The summed E-state index contributed by atoms with van der Waals surface area (Å²) in [4.78, 5) is 0. The Morgan fingerprint density at radius 1 is 1.25 bits per heavy atom. The Bertz CT molecular complexity index is 411. The van der Waals surface area contributed by atoms with Crippen molar-refractivity contribution in [2.45, 2.75) is 51.2 Å². The molecular weight excluding hydrogens is 260 g/mol. The highest BCUT2D eigenvalue weighted by Gasteiger charge is 2.31. The van der Waals surface area contributed by atoms with Gasteiger partial charge in [0.2, 0.25) is 0 Å². The maximum Gasteiger partial charge on any atom is 0.263 e. The lowest BCUT2D eigenvalue weighted by molar-refractivity contribution is -0.00630. The number of benzene rings is 1. The zero-order valence-corrected chi connectivity index (χ0v) is 11.9. The fraction of sp³-hybridized carbons (Fsp3) is 0.625. The topological polar surface area (TPSA) is 32.3 Å².